The third-order valence-corrected chi connectivity index (χ3v) is 6.03. The van der Waals surface area contributed by atoms with Gasteiger partial charge in [-0.2, -0.15) is 0 Å². The van der Waals surface area contributed by atoms with E-state index in [2.05, 4.69) is 15.3 Å². The predicted molar refractivity (Wildman–Crippen MR) is 106 cm³/mol. The number of hydrogen-bond donors (Lipinski definition) is 1. The molecule has 0 radical (unpaired) electrons. The number of Topliss-reactive ketones (excluding diaryl/α,β-unsaturated/α-hetero) is 1. The van der Waals surface area contributed by atoms with Gasteiger partial charge in [-0.1, -0.05) is 36.0 Å². The molecule has 1 N–H and O–H groups in total. The molecule has 0 spiro atoms. The van der Waals surface area contributed by atoms with Gasteiger partial charge in [0.2, 0.25) is 5.91 Å². The second-order valence-electron chi connectivity index (χ2n) is 5.87. The van der Waals surface area contributed by atoms with Crippen molar-refractivity contribution in [1.82, 2.24) is 15.3 Å². The lowest BCUT2D eigenvalue weighted by molar-refractivity contribution is -0.118. The molecule has 1 aromatic carbocycles. The average molecular weight is 386 g/mol. The van der Waals surface area contributed by atoms with Crippen molar-refractivity contribution >= 4 is 45.0 Å². The van der Waals surface area contributed by atoms with Crippen molar-refractivity contribution in [1.29, 1.82) is 0 Å². The zero-order valence-corrected chi connectivity index (χ0v) is 16.2. The number of ketones is 1. The Morgan fingerprint density at radius 2 is 1.96 bits per heavy atom. The van der Waals surface area contributed by atoms with E-state index >= 15 is 0 Å². The predicted octanol–water partition coefficient (Wildman–Crippen LogP) is 3.73. The second-order valence-corrected chi connectivity index (χ2v) is 8.11. The Balaban J connectivity index is 1.64. The summed E-state index contributed by atoms with van der Waals surface area (Å²) in [6.45, 7) is 4.00. The van der Waals surface area contributed by atoms with Crippen LogP contribution in [0.3, 0.4) is 0 Å². The van der Waals surface area contributed by atoms with Crippen molar-refractivity contribution in [2.45, 2.75) is 30.5 Å². The molecule has 0 saturated heterocycles. The molecule has 0 aliphatic heterocycles. The molecule has 7 heteroatoms. The molecule has 0 bridgehead atoms. The van der Waals surface area contributed by atoms with Crippen LogP contribution in [0, 0.1) is 0 Å². The Morgan fingerprint density at radius 3 is 2.69 bits per heavy atom. The molecule has 1 amide bonds. The highest BCUT2D eigenvalue weighted by Crippen LogP contribution is 2.32. The number of benzene rings is 1. The SMILES string of the molecule is CC(=O)NCCc1ccc(C(=O)[C@@H](C)Sc2ncnc3ccsc23)cc1. The zero-order valence-electron chi connectivity index (χ0n) is 14.6. The van der Waals surface area contributed by atoms with Gasteiger partial charge in [0.15, 0.2) is 5.78 Å². The maximum atomic E-state index is 12.7. The van der Waals surface area contributed by atoms with E-state index in [0.29, 0.717) is 12.1 Å². The van der Waals surface area contributed by atoms with Gasteiger partial charge < -0.3 is 5.32 Å². The molecule has 0 aliphatic rings. The number of nitrogens with zero attached hydrogens (tertiary/aromatic N) is 2. The van der Waals surface area contributed by atoms with Gasteiger partial charge in [-0.15, -0.1) is 11.3 Å². The smallest absolute Gasteiger partial charge is 0.216 e. The minimum Gasteiger partial charge on any atom is -0.356 e. The van der Waals surface area contributed by atoms with Crippen LogP contribution >= 0.6 is 23.1 Å². The summed E-state index contributed by atoms with van der Waals surface area (Å²) in [5.41, 5.74) is 2.69. The van der Waals surface area contributed by atoms with E-state index in [1.807, 2.05) is 42.6 Å². The highest BCUT2D eigenvalue weighted by molar-refractivity contribution is 8.00. The monoisotopic (exact) mass is 385 g/mol. The van der Waals surface area contributed by atoms with Gasteiger partial charge in [-0.05, 0) is 30.4 Å². The fourth-order valence-electron chi connectivity index (χ4n) is 2.52. The lowest BCUT2D eigenvalue weighted by atomic mass is 10.0. The molecule has 5 nitrogen and oxygen atoms in total. The van der Waals surface area contributed by atoms with Crippen LogP contribution < -0.4 is 5.32 Å². The first-order valence-electron chi connectivity index (χ1n) is 8.27. The summed E-state index contributed by atoms with van der Waals surface area (Å²) in [5, 5.41) is 5.36. The number of thiophene rings is 1. The summed E-state index contributed by atoms with van der Waals surface area (Å²) >= 11 is 3.05. The van der Waals surface area contributed by atoms with Crippen molar-refractivity contribution in [3.63, 3.8) is 0 Å². The summed E-state index contributed by atoms with van der Waals surface area (Å²) in [4.78, 5) is 32.2. The standard InChI is InChI=1S/C19H19N3O2S2/c1-12(26-19-18-16(8-10-25-18)21-11-22-19)17(24)15-5-3-14(4-6-15)7-9-20-13(2)23/h3-6,8,10-12H,7,9H2,1-2H3,(H,20,23)/t12-/m1/s1. The van der Waals surface area contributed by atoms with Crippen LogP contribution in [0.25, 0.3) is 10.2 Å². The summed E-state index contributed by atoms with van der Waals surface area (Å²) in [6, 6.07) is 9.54. The van der Waals surface area contributed by atoms with Crippen LogP contribution in [0.5, 0.6) is 0 Å². The lowest BCUT2D eigenvalue weighted by Crippen LogP contribution is -2.22. The van der Waals surface area contributed by atoms with E-state index in [1.165, 1.54) is 18.7 Å². The van der Waals surface area contributed by atoms with Crippen molar-refractivity contribution < 1.29 is 9.59 Å². The van der Waals surface area contributed by atoms with Gasteiger partial charge in [0.05, 0.1) is 15.5 Å². The molecule has 3 rings (SSSR count). The van der Waals surface area contributed by atoms with Crippen LogP contribution in [0.1, 0.15) is 29.8 Å². The van der Waals surface area contributed by atoms with Gasteiger partial charge in [-0.25, -0.2) is 9.97 Å². The van der Waals surface area contributed by atoms with Crippen LogP contribution in [0.15, 0.2) is 47.1 Å². The minimum atomic E-state index is -0.236. The number of rotatable bonds is 7. The fourth-order valence-corrected chi connectivity index (χ4v) is 4.44. The van der Waals surface area contributed by atoms with Crippen molar-refractivity contribution in [3.05, 3.63) is 53.2 Å². The quantitative estimate of drug-likeness (QED) is 0.381. The number of thioether (sulfide) groups is 1. The average Bonchev–Trinajstić information content (AvgIpc) is 3.11. The number of amides is 1. The van der Waals surface area contributed by atoms with E-state index in [-0.39, 0.29) is 16.9 Å². The highest BCUT2D eigenvalue weighted by atomic mass is 32.2. The van der Waals surface area contributed by atoms with Crippen LogP contribution in [-0.2, 0) is 11.2 Å². The third-order valence-electron chi connectivity index (χ3n) is 3.89. The first-order valence-corrected chi connectivity index (χ1v) is 10.0. The Morgan fingerprint density at radius 1 is 1.19 bits per heavy atom. The first kappa shape index (κ1) is 18.5. The number of carbonyl (C=O) groups is 2. The molecule has 0 aliphatic carbocycles. The van der Waals surface area contributed by atoms with Crippen LogP contribution in [0.4, 0.5) is 0 Å². The summed E-state index contributed by atoms with van der Waals surface area (Å²) < 4.78 is 1.02. The van der Waals surface area contributed by atoms with Crippen LogP contribution in [-0.4, -0.2) is 33.5 Å². The number of fused-ring (bicyclic) bond motifs is 1. The van der Waals surface area contributed by atoms with Crippen molar-refractivity contribution in [2.75, 3.05) is 6.54 Å². The second kappa shape index (κ2) is 8.42. The Bertz CT molecular complexity index is 922. The highest BCUT2D eigenvalue weighted by Gasteiger charge is 2.19. The molecular formula is C19H19N3O2S2. The zero-order chi connectivity index (χ0) is 18.5. The molecule has 1 atom stereocenters. The number of carbonyl (C=O) groups excluding carboxylic acids is 2. The molecule has 2 heterocycles. The largest absolute Gasteiger partial charge is 0.356 e. The Hall–Kier alpha value is -2.25. The molecule has 2 aromatic heterocycles. The molecular weight excluding hydrogens is 366 g/mol. The number of hydrogen-bond acceptors (Lipinski definition) is 6. The first-order chi connectivity index (χ1) is 12.5. The number of aromatic nitrogens is 2. The van der Waals surface area contributed by atoms with Gasteiger partial charge in [0, 0.05) is 19.0 Å². The number of nitrogens with one attached hydrogen (secondary N) is 1. The van der Waals surface area contributed by atoms with E-state index in [0.717, 1.165) is 27.2 Å². The molecule has 0 fully saturated rings. The van der Waals surface area contributed by atoms with E-state index in [4.69, 9.17) is 0 Å². The van der Waals surface area contributed by atoms with Crippen molar-refractivity contribution in [2.24, 2.45) is 0 Å². The van der Waals surface area contributed by atoms with Gasteiger partial charge >= 0.3 is 0 Å². The van der Waals surface area contributed by atoms with E-state index in [9.17, 15) is 9.59 Å². The van der Waals surface area contributed by atoms with Gasteiger partial charge in [0.25, 0.3) is 0 Å². The minimum absolute atomic E-state index is 0.0350. The molecule has 134 valence electrons. The molecule has 26 heavy (non-hydrogen) atoms. The van der Waals surface area contributed by atoms with Crippen molar-refractivity contribution in [3.8, 4) is 0 Å². The van der Waals surface area contributed by atoms with Crippen LogP contribution in [0.2, 0.25) is 0 Å². The maximum absolute atomic E-state index is 12.7. The van der Waals surface area contributed by atoms with E-state index in [1.54, 1.807) is 17.7 Å². The third kappa shape index (κ3) is 4.47. The Labute approximate surface area is 160 Å². The lowest BCUT2D eigenvalue weighted by Gasteiger charge is -2.11. The van der Waals surface area contributed by atoms with Gasteiger partial charge in [-0.3, -0.25) is 9.59 Å². The topological polar surface area (TPSA) is 72.0 Å². The fraction of sp³-hybridized carbons (Fsp3) is 0.263. The molecule has 3 aromatic rings. The summed E-state index contributed by atoms with van der Waals surface area (Å²) in [6.07, 6.45) is 2.29. The molecule has 0 unspecified atom stereocenters. The molecule has 0 saturated carbocycles. The summed E-state index contributed by atoms with van der Waals surface area (Å²) in [7, 11) is 0. The summed E-state index contributed by atoms with van der Waals surface area (Å²) in [5.74, 6) is 0.0407. The van der Waals surface area contributed by atoms with Gasteiger partial charge in [0.1, 0.15) is 11.4 Å². The Kier molecular flexibility index (Phi) is 6.00. The normalized spacial score (nSPS) is 12.1. The van der Waals surface area contributed by atoms with E-state index < -0.39 is 0 Å². The maximum Gasteiger partial charge on any atom is 0.216 e.